The van der Waals surface area contributed by atoms with Crippen LogP contribution < -0.4 is 10.6 Å². The molecule has 0 bridgehead atoms. The van der Waals surface area contributed by atoms with Gasteiger partial charge >= 0.3 is 6.03 Å². The second-order valence-electron chi connectivity index (χ2n) is 15.4. The number of hydrogen-bond donors (Lipinski definition) is 2. The van der Waals surface area contributed by atoms with Crippen molar-refractivity contribution in [2.45, 2.75) is 130 Å². The van der Waals surface area contributed by atoms with Crippen LogP contribution in [0, 0.1) is 46.8 Å². The maximum Gasteiger partial charge on any atom is 0.319 e. The fourth-order valence-electron chi connectivity index (χ4n) is 10.5. The molecule has 6 rings (SSSR count). The standard InChI is InChI=1S/C37H56N2O2/c1-7-23(2)19-34-25(4)26(5)37(41-34)18-16-30-31-14-13-27-20-29(39-35(40)38-28-11-9-8-10-12-28)15-17-36(27,6)33(31)21-32(30)24(3)22-37/h8-12,23,25-27,29-31,33-34H,7,13-22H2,1-6H3,(H2,38,39,40)/t23-,25+,26-,27-,29+,30+,31+,33+,34-,36+,37+/m1/s1. The van der Waals surface area contributed by atoms with Gasteiger partial charge in [0.05, 0.1) is 11.7 Å². The molecule has 0 radical (unpaired) electrons. The van der Waals surface area contributed by atoms with E-state index in [1.165, 1.54) is 51.4 Å². The summed E-state index contributed by atoms with van der Waals surface area (Å²) in [6.45, 7) is 14.8. The molecule has 4 heteroatoms. The number of carbonyl (C=O) groups is 1. The molecule has 0 unspecified atom stereocenters. The number of hydrogen-bond acceptors (Lipinski definition) is 2. The monoisotopic (exact) mass is 560 g/mol. The van der Waals surface area contributed by atoms with Gasteiger partial charge in [0.15, 0.2) is 0 Å². The maximum atomic E-state index is 12.7. The molecule has 1 heterocycles. The van der Waals surface area contributed by atoms with Gasteiger partial charge in [-0.2, -0.15) is 0 Å². The van der Waals surface area contributed by atoms with E-state index in [2.05, 4.69) is 52.2 Å². The lowest BCUT2D eigenvalue weighted by molar-refractivity contribution is -0.0733. The van der Waals surface area contributed by atoms with Crippen molar-refractivity contribution >= 4 is 11.7 Å². The van der Waals surface area contributed by atoms with E-state index >= 15 is 0 Å². The number of fused-ring (bicyclic) bond motifs is 5. The van der Waals surface area contributed by atoms with Crippen LogP contribution in [0.3, 0.4) is 0 Å². The maximum absolute atomic E-state index is 12.7. The zero-order valence-corrected chi connectivity index (χ0v) is 26.7. The summed E-state index contributed by atoms with van der Waals surface area (Å²) in [6, 6.07) is 10.0. The number of amides is 2. The number of ether oxygens (including phenoxy) is 1. The molecule has 0 aromatic heterocycles. The van der Waals surface area contributed by atoms with Gasteiger partial charge in [-0.05, 0) is 130 Å². The first kappa shape index (κ1) is 29.3. The van der Waals surface area contributed by atoms with Crippen molar-refractivity contribution in [1.82, 2.24) is 5.32 Å². The van der Waals surface area contributed by atoms with Crippen LogP contribution in [0.25, 0.3) is 0 Å². The number of para-hydroxylation sites is 1. The highest BCUT2D eigenvalue weighted by Crippen LogP contribution is 2.65. The minimum atomic E-state index is -0.0552. The van der Waals surface area contributed by atoms with Crippen LogP contribution in [0.15, 0.2) is 41.5 Å². The SMILES string of the molecule is CC[C@@H](C)C[C@H]1O[C@]2(CC[C@@H]3C(=C(C)C2)C[C@H]2[C@H]3CC[C@@H]3C[C@@H](NC(=O)Nc4ccccc4)CC[C@@]32C)[C@H](C)[C@@H]1C. The third-order valence-corrected chi connectivity index (χ3v) is 13.4. The molecular formula is C37H56N2O2. The Morgan fingerprint density at radius 3 is 2.63 bits per heavy atom. The molecule has 4 aliphatic carbocycles. The highest BCUT2D eigenvalue weighted by atomic mass is 16.5. The predicted octanol–water partition coefficient (Wildman–Crippen LogP) is 9.38. The summed E-state index contributed by atoms with van der Waals surface area (Å²) in [5.41, 5.74) is 4.83. The first-order chi connectivity index (χ1) is 19.6. The third-order valence-electron chi connectivity index (χ3n) is 13.4. The van der Waals surface area contributed by atoms with Gasteiger partial charge in [-0.15, -0.1) is 0 Å². The van der Waals surface area contributed by atoms with Crippen LogP contribution in [-0.4, -0.2) is 23.8 Å². The molecule has 1 spiro atoms. The minimum absolute atomic E-state index is 0.0552. The van der Waals surface area contributed by atoms with Gasteiger partial charge in [0.1, 0.15) is 0 Å². The Morgan fingerprint density at radius 2 is 1.88 bits per heavy atom. The van der Waals surface area contributed by atoms with Gasteiger partial charge in [-0.25, -0.2) is 4.79 Å². The lowest BCUT2D eigenvalue weighted by Crippen LogP contribution is -2.51. The summed E-state index contributed by atoms with van der Waals surface area (Å²) in [5, 5.41) is 6.35. The van der Waals surface area contributed by atoms with Crippen molar-refractivity contribution in [3.8, 4) is 0 Å². The van der Waals surface area contributed by atoms with E-state index < -0.39 is 0 Å². The molecule has 5 aliphatic rings. The molecule has 4 fully saturated rings. The molecule has 1 aromatic rings. The molecule has 4 nitrogen and oxygen atoms in total. The fraction of sp³-hybridized carbons (Fsp3) is 0.757. The number of allylic oxidation sites excluding steroid dienone is 1. The summed E-state index contributed by atoms with van der Waals surface area (Å²) >= 11 is 0. The Hall–Kier alpha value is -1.81. The highest BCUT2D eigenvalue weighted by Gasteiger charge is 2.58. The molecule has 1 aromatic carbocycles. The number of carbonyl (C=O) groups excluding carboxylic acids is 1. The van der Waals surface area contributed by atoms with Crippen molar-refractivity contribution in [2.75, 3.05) is 5.32 Å². The molecule has 1 aliphatic heterocycles. The second kappa shape index (κ2) is 11.4. The lowest BCUT2D eigenvalue weighted by atomic mass is 9.52. The zero-order valence-electron chi connectivity index (χ0n) is 26.7. The van der Waals surface area contributed by atoms with Gasteiger partial charge in [0.2, 0.25) is 0 Å². The molecule has 41 heavy (non-hydrogen) atoms. The summed E-state index contributed by atoms with van der Waals surface area (Å²) in [5.74, 6) is 5.17. The third kappa shape index (κ3) is 5.30. The Morgan fingerprint density at radius 1 is 1.10 bits per heavy atom. The number of urea groups is 1. The molecule has 1 saturated heterocycles. The first-order valence-electron chi connectivity index (χ1n) is 17.1. The largest absolute Gasteiger partial charge is 0.371 e. The first-order valence-corrected chi connectivity index (χ1v) is 17.1. The van der Waals surface area contributed by atoms with Crippen LogP contribution in [0.5, 0.6) is 0 Å². The van der Waals surface area contributed by atoms with Gasteiger partial charge in [0, 0.05) is 11.7 Å². The van der Waals surface area contributed by atoms with E-state index in [-0.39, 0.29) is 17.7 Å². The van der Waals surface area contributed by atoms with Crippen molar-refractivity contribution in [3.05, 3.63) is 41.5 Å². The van der Waals surface area contributed by atoms with Crippen molar-refractivity contribution < 1.29 is 9.53 Å². The normalized spacial score (nSPS) is 42.7. The molecule has 2 N–H and O–H groups in total. The van der Waals surface area contributed by atoms with E-state index in [1.54, 1.807) is 5.57 Å². The van der Waals surface area contributed by atoms with E-state index in [0.29, 0.717) is 23.4 Å². The second-order valence-corrected chi connectivity index (χ2v) is 15.4. The summed E-state index contributed by atoms with van der Waals surface area (Å²) in [6.07, 6.45) is 14.1. The van der Waals surface area contributed by atoms with E-state index in [0.717, 1.165) is 54.5 Å². The van der Waals surface area contributed by atoms with Crippen LogP contribution in [0.1, 0.15) is 112 Å². The Balaban J connectivity index is 1.13. The molecule has 11 atom stereocenters. The Kier molecular flexibility index (Phi) is 8.11. The molecule has 2 amide bonds. The van der Waals surface area contributed by atoms with Crippen LogP contribution in [0.2, 0.25) is 0 Å². The minimum Gasteiger partial charge on any atom is -0.371 e. The van der Waals surface area contributed by atoms with Gasteiger partial charge in [-0.1, -0.05) is 70.4 Å². The Bertz CT molecular complexity index is 1130. The summed E-state index contributed by atoms with van der Waals surface area (Å²) in [7, 11) is 0. The van der Waals surface area contributed by atoms with E-state index in [4.69, 9.17) is 4.74 Å². The van der Waals surface area contributed by atoms with Crippen molar-refractivity contribution in [1.29, 1.82) is 0 Å². The predicted molar refractivity (Wildman–Crippen MR) is 169 cm³/mol. The van der Waals surface area contributed by atoms with E-state index in [9.17, 15) is 4.79 Å². The average Bonchev–Trinajstić information content (AvgIpc) is 3.39. The number of benzene rings is 1. The van der Waals surface area contributed by atoms with Crippen molar-refractivity contribution in [2.24, 2.45) is 46.8 Å². The van der Waals surface area contributed by atoms with Crippen molar-refractivity contribution in [3.63, 3.8) is 0 Å². The summed E-state index contributed by atoms with van der Waals surface area (Å²) in [4.78, 5) is 12.7. The number of rotatable bonds is 5. The number of nitrogens with one attached hydrogen (secondary N) is 2. The van der Waals surface area contributed by atoms with Gasteiger partial charge < -0.3 is 15.4 Å². The van der Waals surface area contributed by atoms with Crippen LogP contribution >= 0.6 is 0 Å². The Labute approximate surface area is 249 Å². The van der Waals surface area contributed by atoms with Gasteiger partial charge in [0.25, 0.3) is 0 Å². The fourth-order valence-corrected chi connectivity index (χ4v) is 10.5. The van der Waals surface area contributed by atoms with Gasteiger partial charge in [-0.3, -0.25) is 0 Å². The highest BCUT2D eigenvalue weighted by molar-refractivity contribution is 5.89. The van der Waals surface area contributed by atoms with Crippen LogP contribution in [0.4, 0.5) is 10.5 Å². The van der Waals surface area contributed by atoms with Crippen LogP contribution in [-0.2, 0) is 4.74 Å². The zero-order chi connectivity index (χ0) is 28.9. The number of anilines is 1. The lowest BCUT2D eigenvalue weighted by Gasteiger charge is -2.54. The van der Waals surface area contributed by atoms with E-state index in [1.807, 2.05) is 35.9 Å². The molecule has 3 saturated carbocycles. The molecular weight excluding hydrogens is 504 g/mol. The quantitative estimate of drug-likeness (QED) is 0.352. The molecule has 226 valence electrons. The smallest absolute Gasteiger partial charge is 0.319 e. The summed E-state index contributed by atoms with van der Waals surface area (Å²) < 4.78 is 7.15. The topological polar surface area (TPSA) is 50.4 Å². The average molecular weight is 561 g/mol.